The number of aromatic hydroxyl groups is 1. The maximum absolute atomic E-state index is 12.8. The van der Waals surface area contributed by atoms with Gasteiger partial charge in [-0.25, -0.2) is 0 Å². The summed E-state index contributed by atoms with van der Waals surface area (Å²) in [6.07, 6.45) is 1.08. The van der Waals surface area contributed by atoms with Crippen LogP contribution < -0.4 is 10.6 Å². The molecule has 1 saturated heterocycles. The molecule has 0 unspecified atom stereocenters. The van der Waals surface area contributed by atoms with Gasteiger partial charge in [0.05, 0.1) is 24.3 Å². The van der Waals surface area contributed by atoms with Crippen molar-refractivity contribution in [2.75, 3.05) is 19.6 Å². The second kappa shape index (κ2) is 10.0. The lowest BCUT2D eigenvalue weighted by Crippen LogP contribution is -2.63. The zero-order chi connectivity index (χ0) is 24.3. The molecule has 4 rings (SSSR count). The van der Waals surface area contributed by atoms with E-state index in [1.807, 2.05) is 6.07 Å². The van der Waals surface area contributed by atoms with E-state index < -0.39 is 17.6 Å². The van der Waals surface area contributed by atoms with E-state index in [-0.39, 0.29) is 29.8 Å². The molecular weight excluding hydrogens is 449 g/mol. The Morgan fingerprint density at radius 1 is 1.09 bits per heavy atom. The van der Waals surface area contributed by atoms with Gasteiger partial charge in [0.1, 0.15) is 5.75 Å². The average molecular weight is 476 g/mol. The summed E-state index contributed by atoms with van der Waals surface area (Å²) in [4.78, 5) is 30.9. The van der Waals surface area contributed by atoms with Gasteiger partial charge in [-0.1, -0.05) is 6.07 Å². The van der Waals surface area contributed by atoms with Crippen LogP contribution >= 0.6 is 0 Å². The van der Waals surface area contributed by atoms with E-state index in [1.54, 1.807) is 6.07 Å². The average Bonchev–Trinajstić information content (AvgIpc) is 2.80. The number of carbonyl (C=O) groups is 2. The number of pyridine rings is 1. The molecule has 1 aliphatic carbocycles. The van der Waals surface area contributed by atoms with Gasteiger partial charge in [0.25, 0.3) is 5.91 Å². The third-order valence-electron chi connectivity index (χ3n) is 6.54. The predicted molar refractivity (Wildman–Crippen MR) is 118 cm³/mol. The fourth-order valence-corrected chi connectivity index (χ4v) is 4.66. The molecule has 0 atom stereocenters. The Bertz CT molecular complexity index is 1010. The number of likely N-dealkylation sites (tertiary alicyclic amines) is 1. The quantitative estimate of drug-likeness (QED) is 0.596. The van der Waals surface area contributed by atoms with Crippen molar-refractivity contribution in [1.82, 2.24) is 20.5 Å². The number of nitrogens with zero attached hydrogens (tertiary/aromatic N) is 2. The molecule has 2 amide bonds. The van der Waals surface area contributed by atoms with Crippen LogP contribution in [-0.2, 0) is 11.0 Å². The molecule has 3 N–H and O–H groups in total. The largest absolute Gasteiger partial charge is 0.506 e. The van der Waals surface area contributed by atoms with E-state index in [2.05, 4.69) is 20.5 Å². The van der Waals surface area contributed by atoms with Gasteiger partial charge >= 0.3 is 6.18 Å². The van der Waals surface area contributed by atoms with Crippen LogP contribution in [0, 0.1) is 0 Å². The summed E-state index contributed by atoms with van der Waals surface area (Å²) < 4.78 is 38.4. The monoisotopic (exact) mass is 476 g/mol. The number of hydrogen-bond acceptors (Lipinski definition) is 5. The molecule has 0 spiro atoms. The Morgan fingerprint density at radius 3 is 2.47 bits per heavy atom. The minimum atomic E-state index is -4.54. The lowest BCUT2D eigenvalue weighted by atomic mass is 9.82. The van der Waals surface area contributed by atoms with Crippen molar-refractivity contribution >= 4 is 11.8 Å². The van der Waals surface area contributed by atoms with Crippen LogP contribution in [0.15, 0.2) is 42.6 Å². The van der Waals surface area contributed by atoms with Crippen molar-refractivity contribution in [3.63, 3.8) is 0 Å². The van der Waals surface area contributed by atoms with Gasteiger partial charge in [-0.3, -0.25) is 19.5 Å². The molecule has 1 aliphatic heterocycles. The van der Waals surface area contributed by atoms with Gasteiger partial charge < -0.3 is 15.7 Å². The SMILES string of the molecule is O=C(CNC(=O)c1cccc(C(F)(F)F)c1)NC1CN([C@H]2CC[C@@H](c3ccc(O)cn3)CC2)C1. The van der Waals surface area contributed by atoms with Crippen LogP contribution in [0.2, 0.25) is 0 Å². The minimum Gasteiger partial charge on any atom is -0.506 e. The fourth-order valence-electron chi connectivity index (χ4n) is 4.66. The molecule has 10 heteroatoms. The number of benzene rings is 1. The highest BCUT2D eigenvalue weighted by atomic mass is 19.4. The van der Waals surface area contributed by atoms with Crippen LogP contribution in [0.25, 0.3) is 0 Å². The number of halogens is 3. The number of hydrogen-bond donors (Lipinski definition) is 3. The van der Waals surface area contributed by atoms with E-state index in [9.17, 15) is 27.9 Å². The molecular formula is C24H27F3N4O3. The first-order valence-electron chi connectivity index (χ1n) is 11.3. The predicted octanol–water partition coefficient (Wildman–Crippen LogP) is 3.06. The van der Waals surface area contributed by atoms with Gasteiger partial charge in [-0.05, 0) is 56.0 Å². The number of alkyl halides is 3. The molecule has 1 saturated carbocycles. The van der Waals surface area contributed by atoms with E-state index in [1.165, 1.54) is 12.3 Å². The molecule has 2 aromatic rings. The summed E-state index contributed by atoms with van der Waals surface area (Å²) in [5.74, 6) is -0.529. The highest BCUT2D eigenvalue weighted by Gasteiger charge is 2.35. The first-order valence-corrected chi connectivity index (χ1v) is 11.3. The van der Waals surface area contributed by atoms with Gasteiger partial charge in [0.2, 0.25) is 5.91 Å². The van der Waals surface area contributed by atoms with Crippen LogP contribution in [0.3, 0.4) is 0 Å². The van der Waals surface area contributed by atoms with Crippen LogP contribution in [0.5, 0.6) is 5.75 Å². The van der Waals surface area contributed by atoms with Gasteiger partial charge in [0, 0.05) is 36.3 Å². The summed E-state index contributed by atoms with van der Waals surface area (Å²) in [5, 5.41) is 14.6. The third-order valence-corrected chi connectivity index (χ3v) is 6.54. The first-order chi connectivity index (χ1) is 16.2. The lowest BCUT2D eigenvalue weighted by molar-refractivity contribution is -0.137. The summed E-state index contributed by atoms with van der Waals surface area (Å²) in [6, 6.07) is 8.09. The number of aromatic nitrogens is 1. The topological polar surface area (TPSA) is 94.6 Å². The molecule has 0 bridgehead atoms. The summed E-state index contributed by atoms with van der Waals surface area (Å²) in [7, 11) is 0. The lowest BCUT2D eigenvalue weighted by Gasteiger charge is -2.46. The molecule has 0 radical (unpaired) electrons. The van der Waals surface area contributed by atoms with Crippen molar-refractivity contribution in [3.05, 3.63) is 59.4 Å². The molecule has 1 aromatic heterocycles. The van der Waals surface area contributed by atoms with Gasteiger partial charge in [-0.2, -0.15) is 13.2 Å². The smallest absolute Gasteiger partial charge is 0.416 e. The summed E-state index contributed by atoms with van der Waals surface area (Å²) in [5.41, 5.74) is -0.0414. The number of nitrogens with one attached hydrogen (secondary N) is 2. The molecule has 2 fully saturated rings. The summed E-state index contributed by atoms with van der Waals surface area (Å²) >= 11 is 0. The van der Waals surface area contributed by atoms with Crippen molar-refractivity contribution in [2.24, 2.45) is 0 Å². The molecule has 7 nitrogen and oxygen atoms in total. The fraction of sp³-hybridized carbons (Fsp3) is 0.458. The second-order valence-electron chi connectivity index (χ2n) is 8.93. The Kier molecular flexibility index (Phi) is 7.06. The van der Waals surface area contributed by atoms with Crippen molar-refractivity contribution in [3.8, 4) is 5.75 Å². The number of rotatable bonds is 6. The van der Waals surface area contributed by atoms with Gasteiger partial charge in [0.15, 0.2) is 0 Å². The van der Waals surface area contributed by atoms with Crippen LogP contribution in [0.4, 0.5) is 13.2 Å². The normalized spacial score (nSPS) is 21.5. The maximum Gasteiger partial charge on any atom is 0.416 e. The summed E-state index contributed by atoms with van der Waals surface area (Å²) in [6.45, 7) is 1.18. The zero-order valence-electron chi connectivity index (χ0n) is 18.5. The van der Waals surface area contributed by atoms with Crippen LogP contribution in [0.1, 0.15) is 53.2 Å². The van der Waals surface area contributed by atoms with E-state index in [0.717, 1.165) is 62.7 Å². The van der Waals surface area contributed by atoms with Crippen molar-refractivity contribution in [2.45, 2.75) is 49.9 Å². The molecule has 2 heterocycles. The van der Waals surface area contributed by atoms with E-state index in [0.29, 0.717) is 12.0 Å². The van der Waals surface area contributed by atoms with E-state index >= 15 is 0 Å². The Hall–Kier alpha value is -3.14. The molecule has 34 heavy (non-hydrogen) atoms. The zero-order valence-corrected chi connectivity index (χ0v) is 18.5. The highest BCUT2D eigenvalue weighted by molar-refractivity contribution is 5.96. The molecule has 182 valence electrons. The first kappa shape index (κ1) is 24.0. The molecule has 1 aromatic carbocycles. The second-order valence-corrected chi connectivity index (χ2v) is 8.93. The highest BCUT2D eigenvalue weighted by Crippen LogP contribution is 2.35. The van der Waals surface area contributed by atoms with Crippen molar-refractivity contribution in [1.29, 1.82) is 0 Å². The number of amides is 2. The Labute approximate surface area is 195 Å². The maximum atomic E-state index is 12.8. The third kappa shape index (κ3) is 5.85. The molecule has 2 aliphatic rings. The Balaban J connectivity index is 1.15. The number of carbonyl (C=O) groups excluding carboxylic acids is 2. The van der Waals surface area contributed by atoms with Gasteiger partial charge in [-0.15, -0.1) is 0 Å². The van der Waals surface area contributed by atoms with Crippen molar-refractivity contribution < 1.29 is 27.9 Å². The standard InChI is InChI=1S/C24H27F3N4O3/c25-24(26,27)17-3-1-2-16(10-17)23(34)29-12-22(33)30-18-13-31(14-18)19-6-4-15(5-7-19)21-9-8-20(32)11-28-21/h1-3,8-11,15,18-19,32H,4-7,12-14H2,(H,29,34)(H,30,33)/t15-,19+. The van der Waals surface area contributed by atoms with Crippen LogP contribution in [-0.4, -0.2) is 58.5 Å². The minimum absolute atomic E-state index is 0.00514. The Morgan fingerprint density at radius 2 is 1.82 bits per heavy atom. The van der Waals surface area contributed by atoms with E-state index in [4.69, 9.17) is 0 Å².